The van der Waals surface area contributed by atoms with E-state index in [1.165, 1.54) is 10.8 Å². The van der Waals surface area contributed by atoms with E-state index in [1.807, 2.05) is 31.2 Å². The molecule has 1 amide bonds. The Labute approximate surface area is 151 Å². The number of aryl methyl sites for hydroxylation is 2. The van der Waals surface area contributed by atoms with E-state index >= 15 is 0 Å². The highest BCUT2D eigenvalue weighted by atomic mass is 35.5. The Hall–Kier alpha value is -2.60. The first kappa shape index (κ1) is 18.7. The van der Waals surface area contributed by atoms with Crippen molar-refractivity contribution in [2.75, 3.05) is 13.2 Å². The number of benzene rings is 1. The average Bonchev–Trinajstić information content (AvgIpc) is 2.86. The number of carbonyl (C=O) groups is 2. The van der Waals surface area contributed by atoms with Crippen molar-refractivity contribution in [3.63, 3.8) is 0 Å². The molecule has 6 nitrogen and oxygen atoms in total. The van der Waals surface area contributed by atoms with Crippen molar-refractivity contribution < 1.29 is 14.3 Å². The van der Waals surface area contributed by atoms with Crippen LogP contribution in [0.25, 0.3) is 0 Å². The van der Waals surface area contributed by atoms with Crippen LogP contribution >= 0.6 is 11.6 Å². The van der Waals surface area contributed by atoms with E-state index in [0.29, 0.717) is 18.8 Å². The summed E-state index contributed by atoms with van der Waals surface area (Å²) >= 11 is 6.29. The number of carbonyl (C=O) groups excluding carboxylic acids is 2. The zero-order valence-corrected chi connectivity index (χ0v) is 15.0. The van der Waals surface area contributed by atoms with Crippen LogP contribution in [0.4, 0.5) is 0 Å². The minimum atomic E-state index is -0.675. The molecular formula is C18H20ClN3O3. The Morgan fingerprint density at radius 1 is 1.32 bits per heavy atom. The Morgan fingerprint density at radius 3 is 2.64 bits per heavy atom. The lowest BCUT2D eigenvalue weighted by atomic mass is 10.1. The normalized spacial score (nSPS) is 10.4. The molecule has 0 aliphatic carbocycles. The van der Waals surface area contributed by atoms with E-state index in [2.05, 4.69) is 17.0 Å². The number of hydrogen-bond donors (Lipinski definition) is 1. The number of ether oxygens (including phenoxy) is 1. The van der Waals surface area contributed by atoms with Crippen molar-refractivity contribution in [3.8, 4) is 0 Å². The minimum absolute atomic E-state index is 0.172. The number of nitrogens with one attached hydrogen (secondary N) is 1. The van der Waals surface area contributed by atoms with Gasteiger partial charge >= 0.3 is 5.97 Å². The summed E-state index contributed by atoms with van der Waals surface area (Å²) in [6.45, 7) is 7.53. The molecule has 132 valence electrons. The van der Waals surface area contributed by atoms with Crippen LogP contribution in [0.5, 0.6) is 0 Å². The highest BCUT2D eigenvalue weighted by Crippen LogP contribution is 2.22. The van der Waals surface area contributed by atoms with Crippen LogP contribution in [0.15, 0.2) is 36.9 Å². The number of esters is 1. The van der Waals surface area contributed by atoms with Gasteiger partial charge in [-0.1, -0.05) is 47.5 Å². The Kier molecular flexibility index (Phi) is 6.36. The molecule has 7 heteroatoms. The maximum atomic E-state index is 12.2. The molecule has 0 saturated carbocycles. The van der Waals surface area contributed by atoms with E-state index in [0.717, 1.165) is 11.1 Å². The number of amides is 1. The summed E-state index contributed by atoms with van der Waals surface area (Å²) in [5, 5.41) is 7.01. The highest BCUT2D eigenvalue weighted by Gasteiger charge is 2.22. The summed E-state index contributed by atoms with van der Waals surface area (Å²) in [6, 6.07) is 7.95. The van der Waals surface area contributed by atoms with Gasteiger partial charge in [0.15, 0.2) is 6.61 Å². The third-order valence-corrected chi connectivity index (χ3v) is 3.88. The van der Waals surface area contributed by atoms with Gasteiger partial charge in [0.25, 0.3) is 5.91 Å². The molecule has 0 radical (unpaired) electrons. The zero-order valence-electron chi connectivity index (χ0n) is 14.2. The van der Waals surface area contributed by atoms with Crippen molar-refractivity contribution >= 4 is 23.5 Å². The fourth-order valence-electron chi connectivity index (χ4n) is 2.20. The number of aromatic nitrogens is 2. The van der Waals surface area contributed by atoms with E-state index in [9.17, 15) is 9.59 Å². The first-order valence-corrected chi connectivity index (χ1v) is 8.13. The van der Waals surface area contributed by atoms with Crippen LogP contribution in [0.3, 0.4) is 0 Å². The van der Waals surface area contributed by atoms with Gasteiger partial charge in [0.1, 0.15) is 10.7 Å². The fourth-order valence-corrected chi connectivity index (χ4v) is 2.51. The second kappa shape index (κ2) is 8.48. The molecule has 1 aromatic carbocycles. The highest BCUT2D eigenvalue weighted by molar-refractivity contribution is 6.32. The number of nitrogens with zero attached hydrogens (tertiary/aromatic N) is 2. The van der Waals surface area contributed by atoms with Gasteiger partial charge in [-0.3, -0.25) is 4.79 Å². The summed E-state index contributed by atoms with van der Waals surface area (Å²) in [6.07, 6.45) is 1.54. The molecule has 0 spiro atoms. The molecule has 0 bridgehead atoms. The molecule has 1 N–H and O–H groups in total. The largest absolute Gasteiger partial charge is 0.452 e. The first-order valence-electron chi connectivity index (χ1n) is 7.75. The monoisotopic (exact) mass is 361 g/mol. The SMILES string of the molecule is C=CCNC(=O)COC(=O)c1c(C)nn(Cc2ccc(C)cc2)c1Cl. The molecule has 25 heavy (non-hydrogen) atoms. The van der Waals surface area contributed by atoms with Crippen molar-refractivity contribution in [3.05, 3.63) is 64.5 Å². The van der Waals surface area contributed by atoms with Crippen molar-refractivity contribution in [1.29, 1.82) is 0 Å². The van der Waals surface area contributed by atoms with Gasteiger partial charge in [0.2, 0.25) is 0 Å². The quantitative estimate of drug-likeness (QED) is 0.607. The van der Waals surface area contributed by atoms with E-state index < -0.39 is 11.9 Å². The van der Waals surface area contributed by atoms with Crippen LogP contribution in [-0.4, -0.2) is 34.8 Å². The maximum Gasteiger partial charge on any atom is 0.343 e. The van der Waals surface area contributed by atoms with Crippen LogP contribution in [0, 0.1) is 13.8 Å². The zero-order chi connectivity index (χ0) is 18.4. The van der Waals surface area contributed by atoms with E-state index in [1.54, 1.807) is 6.92 Å². The van der Waals surface area contributed by atoms with Gasteiger partial charge in [-0.25, -0.2) is 9.48 Å². The maximum absolute atomic E-state index is 12.2. The smallest absolute Gasteiger partial charge is 0.343 e. The lowest BCUT2D eigenvalue weighted by Gasteiger charge is -2.06. The summed E-state index contributed by atoms with van der Waals surface area (Å²) in [5.41, 5.74) is 2.79. The van der Waals surface area contributed by atoms with Crippen LogP contribution in [0.2, 0.25) is 5.15 Å². The summed E-state index contributed by atoms with van der Waals surface area (Å²) < 4.78 is 6.54. The molecule has 0 saturated heterocycles. The predicted octanol–water partition coefficient (Wildman–Crippen LogP) is 2.66. The predicted molar refractivity (Wildman–Crippen MR) is 95.7 cm³/mol. The van der Waals surface area contributed by atoms with Crippen LogP contribution < -0.4 is 5.32 Å². The molecular weight excluding hydrogens is 342 g/mol. The standard InChI is InChI=1S/C18H20ClN3O3/c1-4-9-20-15(23)11-25-18(24)16-13(3)21-22(17(16)19)10-14-7-5-12(2)6-8-14/h4-8H,1,9-11H2,2-3H3,(H,20,23). The molecule has 1 aromatic heterocycles. The number of rotatable bonds is 7. The third kappa shape index (κ3) is 4.93. The first-order chi connectivity index (χ1) is 11.9. The van der Waals surface area contributed by atoms with Crippen molar-refractivity contribution in [2.45, 2.75) is 20.4 Å². The molecule has 0 aliphatic heterocycles. The lowest BCUT2D eigenvalue weighted by molar-refractivity contribution is -0.124. The summed E-state index contributed by atoms with van der Waals surface area (Å²) in [7, 11) is 0. The molecule has 2 aromatic rings. The minimum Gasteiger partial charge on any atom is -0.452 e. The van der Waals surface area contributed by atoms with E-state index in [4.69, 9.17) is 16.3 Å². The second-order valence-corrected chi connectivity index (χ2v) is 5.92. The second-order valence-electron chi connectivity index (χ2n) is 5.56. The van der Waals surface area contributed by atoms with Gasteiger partial charge in [-0.15, -0.1) is 6.58 Å². The van der Waals surface area contributed by atoms with Gasteiger partial charge in [-0.2, -0.15) is 5.10 Å². The van der Waals surface area contributed by atoms with Gasteiger partial charge < -0.3 is 10.1 Å². The Morgan fingerprint density at radius 2 is 2.00 bits per heavy atom. The summed E-state index contributed by atoms with van der Waals surface area (Å²) in [4.78, 5) is 23.7. The van der Waals surface area contributed by atoms with Gasteiger partial charge in [0.05, 0.1) is 12.2 Å². The van der Waals surface area contributed by atoms with Crippen molar-refractivity contribution in [2.24, 2.45) is 0 Å². The molecule has 2 rings (SSSR count). The third-order valence-electron chi connectivity index (χ3n) is 3.50. The number of halogens is 1. The topological polar surface area (TPSA) is 73.2 Å². The van der Waals surface area contributed by atoms with Crippen LogP contribution in [0.1, 0.15) is 27.2 Å². The number of hydrogen-bond acceptors (Lipinski definition) is 4. The van der Waals surface area contributed by atoms with Crippen molar-refractivity contribution in [1.82, 2.24) is 15.1 Å². The van der Waals surface area contributed by atoms with E-state index in [-0.39, 0.29) is 17.3 Å². The van der Waals surface area contributed by atoms with Crippen LogP contribution in [-0.2, 0) is 16.1 Å². The fraction of sp³-hybridized carbons (Fsp3) is 0.278. The molecule has 0 atom stereocenters. The average molecular weight is 362 g/mol. The molecule has 1 heterocycles. The summed E-state index contributed by atoms with van der Waals surface area (Å²) in [5.74, 6) is -1.08. The molecule has 0 aliphatic rings. The van der Waals surface area contributed by atoms with Gasteiger partial charge in [-0.05, 0) is 19.4 Å². The Bertz CT molecular complexity index is 782. The Balaban J connectivity index is 2.07. The lowest BCUT2D eigenvalue weighted by Crippen LogP contribution is -2.28. The molecule has 0 unspecified atom stereocenters. The van der Waals surface area contributed by atoms with Gasteiger partial charge in [0, 0.05) is 6.54 Å². The molecule has 0 fully saturated rings.